The zero-order valence-electron chi connectivity index (χ0n) is 18.4. The Labute approximate surface area is 174 Å². The number of hydrogen-bond acceptors (Lipinski definition) is 4. The topological polar surface area (TPSA) is 65.0 Å². The molecule has 0 spiro atoms. The van der Waals surface area contributed by atoms with E-state index in [-0.39, 0.29) is 10.6 Å². The Hall–Kier alpha value is -2.31. The molecule has 2 aromatic rings. The molecule has 0 aliphatic heterocycles. The minimum absolute atomic E-state index is 0.0283. The molecule has 158 valence electrons. The van der Waals surface area contributed by atoms with E-state index in [1.807, 2.05) is 44.2 Å². The summed E-state index contributed by atoms with van der Waals surface area (Å²) in [5.74, 6) is -1.11. The van der Waals surface area contributed by atoms with Crippen molar-refractivity contribution >= 4 is 14.3 Å². The average molecular weight is 417 g/mol. The van der Waals surface area contributed by atoms with Gasteiger partial charge in [0.2, 0.25) is 0 Å². The van der Waals surface area contributed by atoms with Gasteiger partial charge in [0, 0.05) is 6.07 Å². The fraction of sp³-hybridized carbons (Fsp3) is 0.435. The highest BCUT2D eigenvalue weighted by atomic mass is 28.4. The third kappa shape index (κ3) is 6.61. The molecule has 1 N–H and O–H groups in total. The second-order valence-corrected chi connectivity index (χ2v) is 13.9. The molecule has 0 aromatic heterocycles. The first-order valence-corrected chi connectivity index (χ1v) is 12.6. The van der Waals surface area contributed by atoms with Gasteiger partial charge in [0.05, 0.1) is 5.56 Å². The van der Waals surface area contributed by atoms with Gasteiger partial charge >= 0.3 is 5.97 Å². The minimum atomic E-state index is -2.08. The molecule has 0 heterocycles. The van der Waals surface area contributed by atoms with Gasteiger partial charge in [-0.25, -0.2) is 4.79 Å². The Morgan fingerprint density at radius 3 is 2.10 bits per heavy atom. The van der Waals surface area contributed by atoms with Gasteiger partial charge in [-0.2, -0.15) is 0 Å². The number of aromatic carboxylic acids is 1. The summed E-state index contributed by atoms with van der Waals surface area (Å²) in [4.78, 5) is 11.6. The molecule has 0 aliphatic carbocycles. The Morgan fingerprint density at radius 1 is 0.966 bits per heavy atom. The Balaban J connectivity index is 2.22. The fourth-order valence-electron chi connectivity index (χ4n) is 2.65. The van der Waals surface area contributed by atoms with E-state index in [0.717, 1.165) is 5.56 Å². The Kier molecular flexibility index (Phi) is 6.81. The standard InChI is InChI=1S/C23H32O5Si/c1-22(2,3)29(6,7)28-23(4,5)27-20-14-18(21(24)25)13-19(15-20)26-16-17-11-9-8-10-12-17/h8-15H,16H2,1-7H3,(H,24,25). The van der Waals surface area contributed by atoms with Gasteiger partial charge in [0.15, 0.2) is 14.1 Å². The second-order valence-electron chi connectivity index (χ2n) is 9.14. The number of carbonyl (C=O) groups is 1. The van der Waals surface area contributed by atoms with Crippen LogP contribution in [0.15, 0.2) is 48.5 Å². The maximum Gasteiger partial charge on any atom is 0.335 e. The van der Waals surface area contributed by atoms with Crippen LogP contribution in [0.3, 0.4) is 0 Å². The quantitative estimate of drug-likeness (QED) is 0.416. The lowest BCUT2D eigenvalue weighted by atomic mass is 10.2. The third-order valence-electron chi connectivity index (χ3n) is 5.05. The molecule has 0 fully saturated rings. The molecule has 0 bridgehead atoms. The van der Waals surface area contributed by atoms with Gasteiger partial charge in [-0.15, -0.1) is 0 Å². The van der Waals surface area contributed by atoms with Gasteiger partial charge in [0.25, 0.3) is 0 Å². The highest BCUT2D eigenvalue weighted by Crippen LogP contribution is 2.39. The Morgan fingerprint density at radius 2 is 1.55 bits per heavy atom. The van der Waals surface area contributed by atoms with Crippen LogP contribution >= 0.6 is 0 Å². The number of ether oxygens (including phenoxy) is 2. The van der Waals surface area contributed by atoms with Crippen molar-refractivity contribution in [1.29, 1.82) is 0 Å². The van der Waals surface area contributed by atoms with Crippen LogP contribution in [-0.2, 0) is 11.0 Å². The molecule has 6 heteroatoms. The SMILES string of the molecule is CC(C)(Oc1cc(OCc2ccccc2)cc(C(=O)O)c1)O[Si](C)(C)C(C)(C)C. The summed E-state index contributed by atoms with van der Waals surface area (Å²) < 4.78 is 18.3. The summed E-state index contributed by atoms with van der Waals surface area (Å²) in [6, 6.07) is 14.4. The average Bonchev–Trinajstić information content (AvgIpc) is 2.58. The summed E-state index contributed by atoms with van der Waals surface area (Å²) in [5, 5.41) is 9.50. The lowest BCUT2D eigenvalue weighted by molar-refractivity contribution is -0.0915. The molecule has 29 heavy (non-hydrogen) atoms. The van der Waals surface area contributed by atoms with E-state index >= 15 is 0 Å². The predicted molar refractivity (Wildman–Crippen MR) is 117 cm³/mol. The molecule has 0 unspecified atom stereocenters. The highest BCUT2D eigenvalue weighted by Gasteiger charge is 2.42. The first-order chi connectivity index (χ1) is 13.3. The van der Waals surface area contributed by atoms with Crippen molar-refractivity contribution < 1.29 is 23.8 Å². The van der Waals surface area contributed by atoms with E-state index in [1.54, 1.807) is 6.07 Å². The van der Waals surface area contributed by atoms with Crippen molar-refractivity contribution in [3.8, 4) is 11.5 Å². The molecule has 5 nitrogen and oxygen atoms in total. The van der Waals surface area contributed by atoms with Crippen LogP contribution in [0.25, 0.3) is 0 Å². The normalized spacial score (nSPS) is 12.5. The Bertz CT molecular complexity index is 838. The molecule has 0 saturated carbocycles. The zero-order valence-corrected chi connectivity index (χ0v) is 19.4. The van der Waals surface area contributed by atoms with E-state index < -0.39 is 20.1 Å². The number of benzene rings is 2. The van der Waals surface area contributed by atoms with Crippen molar-refractivity contribution in [2.24, 2.45) is 0 Å². The van der Waals surface area contributed by atoms with E-state index in [1.165, 1.54) is 12.1 Å². The molecule has 2 rings (SSSR count). The maximum atomic E-state index is 11.6. The lowest BCUT2D eigenvalue weighted by Crippen LogP contribution is -2.49. The molecule has 0 amide bonds. The van der Waals surface area contributed by atoms with Crippen LogP contribution in [0.2, 0.25) is 18.1 Å². The van der Waals surface area contributed by atoms with Crippen molar-refractivity contribution in [1.82, 2.24) is 0 Å². The van der Waals surface area contributed by atoms with Gasteiger partial charge in [-0.05, 0) is 49.7 Å². The predicted octanol–water partition coefficient (Wildman–Crippen LogP) is 6.10. The van der Waals surface area contributed by atoms with Crippen molar-refractivity contribution in [3.05, 3.63) is 59.7 Å². The molecule has 0 atom stereocenters. The molecule has 2 aromatic carbocycles. The monoisotopic (exact) mass is 416 g/mol. The largest absolute Gasteiger partial charge is 0.489 e. The van der Waals surface area contributed by atoms with E-state index in [4.69, 9.17) is 13.9 Å². The molecular weight excluding hydrogens is 384 g/mol. The van der Waals surface area contributed by atoms with Crippen LogP contribution in [0.4, 0.5) is 0 Å². The number of rotatable bonds is 8. The highest BCUT2D eigenvalue weighted by molar-refractivity contribution is 6.74. The van der Waals surface area contributed by atoms with Crippen LogP contribution < -0.4 is 9.47 Å². The van der Waals surface area contributed by atoms with E-state index in [9.17, 15) is 9.90 Å². The number of carboxylic acids is 1. The van der Waals surface area contributed by atoms with Crippen molar-refractivity contribution in [2.45, 2.75) is 65.1 Å². The summed E-state index contributed by atoms with van der Waals surface area (Å²) in [5.41, 5.74) is 1.10. The fourth-order valence-corrected chi connectivity index (χ4v) is 4.23. The first kappa shape index (κ1) is 23.0. The molecule has 0 radical (unpaired) electrons. The molecule has 0 saturated heterocycles. The summed E-state index contributed by atoms with van der Waals surface area (Å²) in [7, 11) is -2.08. The molecular formula is C23H32O5Si. The van der Waals surface area contributed by atoms with E-state index in [2.05, 4.69) is 33.9 Å². The van der Waals surface area contributed by atoms with Crippen molar-refractivity contribution in [3.63, 3.8) is 0 Å². The summed E-state index contributed by atoms with van der Waals surface area (Å²) in [6.45, 7) is 14.8. The third-order valence-corrected chi connectivity index (χ3v) is 9.66. The zero-order chi connectivity index (χ0) is 21.9. The molecule has 0 aliphatic rings. The van der Waals surface area contributed by atoms with Crippen LogP contribution in [0.1, 0.15) is 50.5 Å². The van der Waals surface area contributed by atoms with Crippen molar-refractivity contribution in [2.75, 3.05) is 0 Å². The maximum absolute atomic E-state index is 11.6. The first-order valence-electron chi connectivity index (χ1n) is 9.73. The van der Waals surface area contributed by atoms with Crippen LogP contribution in [-0.4, -0.2) is 25.2 Å². The minimum Gasteiger partial charge on any atom is -0.489 e. The second kappa shape index (κ2) is 8.59. The van der Waals surface area contributed by atoms with Crippen LogP contribution in [0.5, 0.6) is 11.5 Å². The number of hydrogen-bond donors (Lipinski definition) is 1. The lowest BCUT2D eigenvalue weighted by Gasteiger charge is -2.42. The van der Waals surface area contributed by atoms with Gasteiger partial charge < -0.3 is 19.0 Å². The van der Waals surface area contributed by atoms with Gasteiger partial charge in [0.1, 0.15) is 18.1 Å². The smallest absolute Gasteiger partial charge is 0.335 e. The summed E-state index contributed by atoms with van der Waals surface area (Å²) >= 11 is 0. The van der Waals surface area contributed by atoms with Crippen LogP contribution in [0, 0.1) is 0 Å². The number of carboxylic acid groups (broad SMARTS) is 1. The van der Waals surface area contributed by atoms with Gasteiger partial charge in [-0.3, -0.25) is 0 Å². The summed E-state index contributed by atoms with van der Waals surface area (Å²) in [6.07, 6.45) is 0. The van der Waals surface area contributed by atoms with E-state index in [0.29, 0.717) is 18.1 Å². The van der Waals surface area contributed by atoms with Gasteiger partial charge in [-0.1, -0.05) is 51.1 Å².